The summed E-state index contributed by atoms with van der Waals surface area (Å²) in [7, 11) is -4.71. The lowest BCUT2D eigenvalue weighted by atomic mass is 9.94. The highest BCUT2D eigenvalue weighted by Gasteiger charge is 2.31. The molecule has 0 spiro atoms. The van der Waals surface area contributed by atoms with Crippen molar-refractivity contribution in [3.63, 3.8) is 0 Å². The molecule has 0 aromatic heterocycles. The van der Waals surface area contributed by atoms with E-state index in [9.17, 15) is 31.9 Å². The predicted octanol–water partition coefficient (Wildman–Crippen LogP) is 2.45. The lowest BCUT2D eigenvalue weighted by molar-refractivity contribution is -0.142. The normalized spacial score (nSPS) is 21.6. The van der Waals surface area contributed by atoms with E-state index < -0.39 is 44.3 Å². The third-order valence-corrected chi connectivity index (χ3v) is 5.73. The van der Waals surface area contributed by atoms with Crippen LogP contribution >= 0.6 is 0 Å². The van der Waals surface area contributed by atoms with Crippen molar-refractivity contribution in [3.05, 3.63) is 29.8 Å². The van der Waals surface area contributed by atoms with Gasteiger partial charge in [-0.15, -0.1) is 0 Å². The Morgan fingerprint density at radius 2 is 1.68 bits per heavy atom. The summed E-state index contributed by atoms with van der Waals surface area (Å²) >= 11 is 0. The number of carboxylic acids is 1. The maximum absolute atomic E-state index is 12.5. The fourth-order valence-electron chi connectivity index (χ4n) is 2.93. The van der Waals surface area contributed by atoms with Gasteiger partial charge in [-0.2, -0.15) is 8.78 Å². The summed E-state index contributed by atoms with van der Waals surface area (Å²) in [6, 6.07) is 3.64. The molecule has 2 rings (SSSR count). The van der Waals surface area contributed by atoms with Crippen molar-refractivity contribution in [2.24, 2.45) is 5.92 Å². The lowest BCUT2D eigenvalue weighted by Crippen LogP contribution is -2.42. The average molecular weight is 375 g/mol. The topological polar surface area (TPSA) is 101 Å². The molecular weight excluding hydrogens is 356 g/mol. The Hall–Kier alpha value is -2.03. The molecule has 25 heavy (non-hydrogen) atoms. The summed E-state index contributed by atoms with van der Waals surface area (Å²) in [5.74, 6) is -5.73. The van der Waals surface area contributed by atoms with Crippen LogP contribution in [0.25, 0.3) is 0 Å². The van der Waals surface area contributed by atoms with Gasteiger partial charge in [0.2, 0.25) is 9.84 Å². The molecule has 0 unspecified atom stereocenters. The molecule has 2 N–H and O–H groups in total. The number of hydrogen-bond acceptors (Lipinski definition) is 4. The summed E-state index contributed by atoms with van der Waals surface area (Å²) < 4.78 is 47.7. The van der Waals surface area contributed by atoms with Crippen molar-refractivity contribution < 1.29 is 31.9 Å². The fourth-order valence-corrected chi connectivity index (χ4v) is 3.65. The average Bonchev–Trinajstić information content (AvgIpc) is 2.80. The summed E-state index contributed by atoms with van der Waals surface area (Å²) in [6.45, 7) is 0. The minimum atomic E-state index is -4.71. The van der Waals surface area contributed by atoms with Gasteiger partial charge < -0.3 is 10.4 Å². The number of carbonyl (C=O) groups excluding carboxylic acids is 1. The van der Waals surface area contributed by atoms with Crippen LogP contribution in [0, 0.1) is 5.92 Å². The summed E-state index contributed by atoms with van der Waals surface area (Å²) in [5.41, 5.74) is 0.0848. The molecule has 138 valence electrons. The fraction of sp³-hybridized carbons (Fsp3) is 0.500. The zero-order valence-corrected chi connectivity index (χ0v) is 14.1. The number of halogens is 2. The molecule has 0 bridgehead atoms. The van der Waals surface area contributed by atoms with E-state index in [-0.39, 0.29) is 5.56 Å². The predicted molar refractivity (Wildman–Crippen MR) is 85.1 cm³/mol. The first kappa shape index (κ1) is 19.3. The number of rotatable bonds is 5. The molecule has 0 heterocycles. The maximum atomic E-state index is 12.5. The Bertz CT molecular complexity index is 733. The van der Waals surface area contributed by atoms with E-state index in [1.807, 2.05) is 0 Å². The van der Waals surface area contributed by atoms with E-state index in [4.69, 9.17) is 0 Å². The highest BCUT2D eigenvalue weighted by Crippen LogP contribution is 2.24. The van der Waals surface area contributed by atoms with Crippen LogP contribution in [-0.4, -0.2) is 37.2 Å². The molecular formula is C16H19F2NO5S. The van der Waals surface area contributed by atoms with Crippen LogP contribution in [0.2, 0.25) is 0 Å². The molecule has 1 aromatic carbocycles. The zero-order valence-electron chi connectivity index (χ0n) is 13.3. The van der Waals surface area contributed by atoms with Gasteiger partial charge in [0.15, 0.2) is 0 Å². The van der Waals surface area contributed by atoms with E-state index >= 15 is 0 Å². The van der Waals surface area contributed by atoms with Crippen molar-refractivity contribution in [1.82, 2.24) is 5.32 Å². The molecule has 6 nitrogen and oxygen atoms in total. The summed E-state index contributed by atoms with van der Waals surface area (Å²) in [5, 5.41) is 12.0. The standard InChI is InChI=1S/C16H19F2NO5S/c17-16(18)25(23,24)11-8-6-10(7-9-11)14(20)19-13-5-3-1-2-4-12(13)15(21)22/h6-9,12-13,16H,1-5H2,(H,19,20)(H,21,22)/t12-,13+/m1/s1. The molecule has 1 saturated carbocycles. The molecule has 0 aliphatic heterocycles. The molecule has 1 aliphatic carbocycles. The number of carboxylic acid groups (broad SMARTS) is 1. The van der Waals surface area contributed by atoms with Crippen molar-refractivity contribution in [2.45, 2.75) is 48.8 Å². The monoisotopic (exact) mass is 375 g/mol. The molecule has 1 fully saturated rings. The molecule has 0 saturated heterocycles. The van der Waals surface area contributed by atoms with Crippen LogP contribution in [0.4, 0.5) is 8.78 Å². The van der Waals surface area contributed by atoms with Crippen molar-refractivity contribution >= 4 is 21.7 Å². The number of amides is 1. The van der Waals surface area contributed by atoms with Gasteiger partial charge in [0.25, 0.3) is 5.91 Å². The number of benzene rings is 1. The van der Waals surface area contributed by atoms with Crippen molar-refractivity contribution in [3.8, 4) is 0 Å². The minimum Gasteiger partial charge on any atom is -0.481 e. The van der Waals surface area contributed by atoms with Crippen molar-refractivity contribution in [2.75, 3.05) is 0 Å². The van der Waals surface area contributed by atoms with E-state index in [0.29, 0.717) is 12.8 Å². The molecule has 9 heteroatoms. The Labute approximate surface area is 144 Å². The van der Waals surface area contributed by atoms with Crippen LogP contribution in [0.5, 0.6) is 0 Å². The number of sulfone groups is 1. The van der Waals surface area contributed by atoms with Gasteiger partial charge in [-0.25, -0.2) is 8.42 Å². The van der Waals surface area contributed by atoms with Crippen LogP contribution < -0.4 is 5.32 Å². The number of hydrogen-bond donors (Lipinski definition) is 2. The Balaban J connectivity index is 2.13. The summed E-state index contributed by atoms with van der Waals surface area (Å²) in [6.07, 6.45) is 3.51. The van der Waals surface area contributed by atoms with Gasteiger partial charge in [0.1, 0.15) is 0 Å². The van der Waals surface area contributed by atoms with Gasteiger partial charge >= 0.3 is 11.7 Å². The SMILES string of the molecule is O=C(N[C@H]1CCCCC[C@H]1C(=O)O)c1ccc(S(=O)(=O)C(F)F)cc1. The molecule has 1 aliphatic rings. The van der Waals surface area contributed by atoms with E-state index in [1.54, 1.807) is 0 Å². The third kappa shape index (κ3) is 4.53. The minimum absolute atomic E-state index is 0.0848. The first-order valence-corrected chi connectivity index (χ1v) is 9.44. The Morgan fingerprint density at radius 1 is 1.08 bits per heavy atom. The second kappa shape index (κ2) is 7.90. The van der Waals surface area contributed by atoms with Gasteiger partial charge in [-0.05, 0) is 37.1 Å². The largest absolute Gasteiger partial charge is 0.481 e. The molecule has 2 atom stereocenters. The van der Waals surface area contributed by atoms with Crippen molar-refractivity contribution in [1.29, 1.82) is 0 Å². The quantitative estimate of drug-likeness (QED) is 0.770. The number of nitrogens with one attached hydrogen (secondary N) is 1. The lowest BCUT2D eigenvalue weighted by Gasteiger charge is -2.23. The van der Waals surface area contributed by atoms with Crippen LogP contribution in [0.1, 0.15) is 42.5 Å². The van der Waals surface area contributed by atoms with E-state index in [1.165, 1.54) is 0 Å². The van der Waals surface area contributed by atoms with Gasteiger partial charge in [0.05, 0.1) is 10.8 Å². The first-order chi connectivity index (χ1) is 11.7. The first-order valence-electron chi connectivity index (χ1n) is 7.89. The molecule has 1 aromatic rings. The smallest absolute Gasteiger partial charge is 0.341 e. The Morgan fingerprint density at radius 3 is 2.24 bits per heavy atom. The van der Waals surface area contributed by atoms with E-state index in [0.717, 1.165) is 43.5 Å². The highest BCUT2D eigenvalue weighted by molar-refractivity contribution is 7.91. The van der Waals surface area contributed by atoms with Crippen LogP contribution in [0.3, 0.4) is 0 Å². The second-order valence-electron chi connectivity index (χ2n) is 5.99. The number of alkyl halides is 2. The van der Waals surface area contributed by atoms with Gasteiger partial charge in [-0.3, -0.25) is 9.59 Å². The number of aliphatic carboxylic acids is 1. The van der Waals surface area contributed by atoms with Crippen LogP contribution in [0.15, 0.2) is 29.2 Å². The zero-order chi connectivity index (χ0) is 18.6. The third-order valence-electron chi connectivity index (χ3n) is 4.33. The summed E-state index contributed by atoms with van der Waals surface area (Å²) in [4.78, 5) is 23.1. The van der Waals surface area contributed by atoms with Gasteiger partial charge in [0, 0.05) is 11.6 Å². The second-order valence-corrected chi connectivity index (χ2v) is 7.91. The highest BCUT2D eigenvalue weighted by atomic mass is 32.2. The molecule has 0 radical (unpaired) electrons. The number of carbonyl (C=O) groups is 2. The molecule has 1 amide bonds. The van der Waals surface area contributed by atoms with Crippen LogP contribution in [-0.2, 0) is 14.6 Å². The maximum Gasteiger partial charge on any atom is 0.341 e. The van der Waals surface area contributed by atoms with E-state index in [2.05, 4.69) is 5.32 Å². The Kier molecular flexibility index (Phi) is 6.10. The van der Waals surface area contributed by atoms with Gasteiger partial charge in [-0.1, -0.05) is 19.3 Å².